The smallest absolute Gasteiger partial charge is 0.255 e. The number of hydrogen-bond acceptors (Lipinski definition) is 5. The van der Waals surface area contributed by atoms with Gasteiger partial charge in [-0.2, -0.15) is 0 Å². The minimum absolute atomic E-state index is 0.0665. The number of aromatic nitrogens is 3. The normalized spacial score (nSPS) is 20.2. The highest BCUT2D eigenvalue weighted by atomic mass is 35.5. The number of halogens is 1. The number of rotatable bonds is 6. The van der Waals surface area contributed by atoms with Crippen LogP contribution in [0.15, 0.2) is 42.6 Å². The monoisotopic (exact) mass is 485 g/mol. The van der Waals surface area contributed by atoms with Crippen LogP contribution in [0.2, 0.25) is 5.02 Å². The molecule has 2 saturated carbocycles. The van der Waals surface area contributed by atoms with E-state index in [-0.39, 0.29) is 11.9 Å². The molecule has 3 N–H and O–H groups in total. The number of fused-ring (bicyclic) bond motifs is 4. The highest BCUT2D eigenvalue weighted by Gasteiger charge is 2.48. The van der Waals surface area contributed by atoms with Crippen LogP contribution in [0, 0.1) is 12.8 Å². The van der Waals surface area contributed by atoms with Gasteiger partial charge in [-0.05, 0) is 61.9 Å². The fourth-order valence-electron chi connectivity index (χ4n) is 4.93. The highest BCUT2D eigenvalue weighted by molar-refractivity contribution is 6.31. The zero-order chi connectivity index (χ0) is 23.7. The molecule has 3 aromatic heterocycles. The second kappa shape index (κ2) is 7.71. The van der Waals surface area contributed by atoms with E-state index in [1.54, 1.807) is 6.20 Å². The molecular weight excluding hydrogens is 462 g/mol. The largest absolute Gasteiger partial charge is 0.477 e. The molecule has 3 aliphatic rings. The molecule has 2 aliphatic carbocycles. The quantitative estimate of drug-likeness (QED) is 0.325. The molecule has 0 unspecified atom stereocenters. The topological polar surface area (TPSA) is 91.9 Å². The molecular formula is C27H24ClN5O2. The number of carbonyl (C=O) groups excluding carboxylic acids is 1. The molecule has 1 aromatic carbocycles. The Kier molecular flexibility index (Phi) is 4.58. The first-order chi connectivity index (χ1) is 17.1. The molecule has 2 fully saturated rings. The van der Waals surface area contributed by atoms with Gasteiger partial charge in [0, 0.05) is 46.2 Å². The van der Waals surface area contributed by atoms with Crippen LogP contribution in [0.4, 0.5) is 11.4 Å². The number of aromatic amines is 1. The standard InChI is InChI=1S/C27H24ClN5O2/c1-13-17(28)3-2-4-18(13)30-26-22-24(16-11-20(16)31-27(22)34)33-25(26)15-9-10-29-19-7-8-21(32-23(15)19)35-12-14-5-6-14/h2-4,7-10,14,16,20,30,33H,5-6,11-12H2,1H3,(H,31,34)/t16-,20+/m1/s1. The Morgan fingerprint density at radius 3 is 2.94 bits per heavy atom. The number of amides is 1. The summed E-state index contributed by atoms with van der Waals surface area (Å²) < 4.78 is 5.96. The Bertz CT molecular complexity index is 1510. The van der Waals surface area contributed by atoms with Gasteiger partial charge in [-0.15, -0.1) is 0 Å². The van der Waals surface area contributed by atoms with E-state index in [2.05, 4.69) is 20.6 Å². The second-order valence-corrected chi connectivity index (χ2v) is 10.2. The van der Waals surface area contributed by atoms with Crippen molar-refractivity contribution in [2.45, 2.75) is 38.1 Å². The van der Waals surface area contributed by atoms with E-state index in [4.69, 9.17) is 21.3 Å². The lowest BCUT2D eigenvalue weighted by Crippen LogP contribution is -2.31. The number of H-pyrrole nitrogens is 1. The van der Waals surface area contributed by atoms with Crippen LogP contribution in [-0.2, 0) is 0 Å². The third-order valence-corrected chi connectivity index (χ3v) is 7.66. The lowest BCUT2D eigenvalue weighted by atomic mass is 10.0. The van der Waals surface area contributed by atoms with Crippen LogP contribution >= 0.6 is 11.6 Å². The highest BCUT2D eigenvalue weighted by Crippen LogP contribution is 2.50. The van der Waals surface area contributed by atoms with Crippen LogP contribution in [0.1, 0.15) is 46.8 Å². The summed E-state index contributed by atoms with van der Waals surface area (Å²) in [6.45, 7) is 2.66. The number of ether oxygens (including phenoxy) is 1. The maximum Gasteiger partial charge on any atom is 0.255 e. The van der Waals surface area contributed by atoms with Gasteiger partial charge in [-0.1, -0.05) is 17.7 Å². The molecule has 1 aliphatic heterocycles. The number of nitrogens with zero attached hydrogens (tertiary/aromatic N) is 2. The predicted molar refractivity (Wildman–Crippen MR) is 136 cm³/mol. The van der Waals surface area contributed by atoms with Crippen molar-refractivity contribution in [2.75, 3.05) is 11.9 Å². The summed E-state index contributed by atoms with van der Waals surface area (Å²) in [5.74, 6) is 1.46. The first-order valence-electron chi connectivity index (χ1n) is 12.0. The van der Waals surface area contributed by atoms with Gasteiger partial charge < -0.3 is 20.4 Å². The van der Waals surface area contributed by atoms with Gasteiger partial charge in [0.25, 0.3) is 5.91 Å². The lowest BCUT2D eigenvalue weighted by molar-refractivity contribution is 0.0944. The van der Waals surface area contributed by atoms with Crippen molar-refractivity contribution in [1.82, 2.24) is 20.3 Å². The summed E-state index contributed by atoms with van der Waals surface area (Å²) in [5.41, 5.74) is 7.32. The molecule has 0 radical (unpaired) electrons. The van der Waals surface area contributed by atoms with Crippen LogP contribution < -0.4 is 15.4 Å². The Balaban J connectivity index is 1.40. The predicted octanol–water partition coefficient (Wildman–Crippen LogP) is 5.72. The fraction of sp³-hybridized carbons (Fsp3) is 0.296. The van der Waals surface area contributed by atoms with Crippen LogP contribution in [-0.4, -0.2) is 33.5 Å². The van der Waals surface area contributed by atoms with Crippen molar-refractivity contribution in [1.29, 1.82) is 0 Å². The van der Waals surface area contributed by atoms with Gasteiger partial charge in [0.15, 0.2) is 0 Å². The minimum Gasteiger partial charge on any atom is -0.477 e. The number of benzene rings is 1. The van der Waals surface area contributed by atoms with E-state index in [1.807, 2.05) is 43.3 Å². The summed E-state index contributed by atoms with van der Waals surface area (Å²) in [4.78, 5) is 26.1. The van der Waals surface area contributed by atoms with Crippen LogP contribution in [0.5, 0.6) is 5.88 Å². The van der Waals surface area contributed by atoms with Crippen LogP contribution in [0.25, 0.3) is 22.3 Å². The van der Waals surface area contributed by atoms with Crippen molar-refractivity contribution in [3.63, 3.8) is 0 Å². The fourth-order valence-corrected chi connectivity index (χ4v) is 5.10. The zero-order valence-electron chi connectivity index (χ0n) is 19.2. The lowest BCUT2D eigenvalue weighted by Gasteiger charge is -2.16. The molecule has 0 spiro atoms. The molecule has 7 nitrogen and oxygen atoms in total. The summed E-state index contributed by atoms with van der Waals surface area (Å²) in [7, 11) is 0. The van der Waals surface area contributed by atoms with Crippen LogP contribution in [0.3, 0.4) is 0 Å². The first kappa shape index (κ1) is 20.8. The summed E-state index contributed by atoms with van der Waals surface area (Å²) in [5, 5.41) is 7.33. The average Bonchev–Trinajstić information content (AvgIpc) is 3.79. The van der Waals surface area contributed by atoms with Gasteiger partial charge in [0.1, 0.15) is 5.52 Å². The molecule has 35 heavy (non-hydrogen) atoms. The number of carbonyl (C=O) groups is 1. The molecule has 2 atom stereocenters. The van der Waals surface area contributed by atoms with Crippen molar-refractivity contribution in [3.05, 3.63) is 64.4 Å². The number of pyridine rings is 2. The van der Waals surface area contributed by atoms with Gasteiger partial charge >= 0.3 is 0 Å². The van der Waals surface area contributed by atoms with E-state index in [0.717, 1.165) is 51.3 Å². The summed E-state index contributed by atoms with van der Waals surface area (Å²) in [6, 6.07) is 11.7. The number of anilines is 2. The Morgan fingerprint density at radius 2 is 2.09 bits per heavy atom. The molecule has 176 valence electrons. The third kappa shape index (κ3) is 3.53. The van der Waals surface area contributed by atoms with Crippen molar-refractivity contribution < 1.29 is 9.53 Å². The van der Waals surface area contributed by atoms with Crippen molar-refractivity contribution >= 4 is 39.9 Å². The molecule has 8 heteroatoms. The van der Waals surface area contributed by atoms with Crippen molar-refractivity contribution in [2.24, 2.45) is 5.92 Å². The summed E-state index contributed by atoms with van der Waals surface area (Å²) >= 11 is 6.41. The second-order valence-electron chi connectivity index (χ2n) is 9.75. The van der Waals surface area contributed by atoms with E-state index in [1.165, 1.54) is 12.8 Å². The Morgan fingerprint density at radius 1 is 1.20 bits per heavy atom. The molecule has 1 amide bonds. The van der Waals surface area contributed by atoms with Gasteiger partial charge in [-0.25, -0.2) is 4.98 Å². The number of hydrogen-bond donors (Lipinski definition) is 3. The average molecular weight is 486 g/mol. The molecule has 4 aromatic rings. The third-order valence-electron chi connectivity index (χ3n) is 7.25. The zero-order valence-corrected chi connectivity index (χ0v) is 19.9. The SMILES string of the molecule is Cc1c(Cl)cccc1Nc1c(-c2ccnc3ccc(OCC4CC4)nc23)[nH]c2c1C(=O)N[C@H]1C[C@@H]21. The minimum atomic E-state index is -0.0665. The Labute approximate surface area is 207 Å². The first-order valence-corrected chi connectivity index (χ1v) is 12.4. The van der Waals surface area contributed by atoms with E-state index < -0.39 is 0 Å². The summed E-state index contributed by atoms with van der Waals surface area (Å²) in [6.07, 6.45) is 5.16. The maximum atomic E-state index is 13.2. The molecule has 4 heterocycles. The van der Waals surface area contributed by atoms with Gasteiger partial charge in [-0.3, -0.25) is 9.78 Å². The number of nitrogens with one attached hydrogen (secondary N) is 3. The van der Waals surface area contributed by atoms with Crippen molar-refractivity contribution in [3.8, 4) is 17.1 Å². The van der Waals surface area contributed by atoms with E-state index in [0.29, 0.717) is 34.9 Å². The van der Waals surface area contributed by atoms with E-state index >= 15 is 0 Å². The van der Waals surface area contributed by atoms with Gasteiger partial charge in [0.2, 0.25) is 5.88 Å². The van der Waals surface area contributed by atoms with E-state index in [9.17, 15) is 4.79 Å². The maximum absolute atomic E-state index is 13.2. The molecule has 0 bridgehead atoms. The Hall–Kier alpha value is -3.58. The van der Waals surface area contributed by atoms with Gasteiger partial charge in [0.05, 0.1) is 29.1 Å². The molecule has 0 saturated heterocycles. The molecule has 7 rings (SSSR count).